The van der Waals surface area contributed by atoms with Crippen LogP contribution in [0.3, 0.4) is 0 Å². The van der Waals surface area contributed by atoms with Crippen LogP contribution in [0.4, 0.5) is 0 Å². The number of imidazole rings is 1. The van der Waals surface area contributed by atoms with Crippen molar-refractivity contribution in [2.75, 3.05) is 13.7 Å². The molecule has 1 aromatic carbocycles. The molecule has 0 bridgehead atoms. The maximum atomic E-state index is 5.50. The van der Waals surface area contributed by atoms with E-state index in [0.29, 0.717) is 6.54 Å². The number of ether oxygens (including phenoxy) is 1. The molecule has 1 heterocycles. The van der Waals surface area contributed by atoms with Crippen LogP contribution in [0.25, 0.3) is 11.3 Å². The summed E-state index contributed by atoms with van der Waals surface area (Å²) in [5.41, 5.74) is 7.42. The SMILES string of the molecule is COc1ccc(Br)cc1-c1cnc(CCN)[nH]1. The van der Waals surface area contributed by atoms with E-state index in [1.165, 1.54) is 0 Å². The van der Waals surface area contributed by atoms with E-state index >= 15 is 0 Å². The van der Waals surface area contributed by atoms with Gasteiger partial charge < -0.3 is 15.5 Å². The van der Waals surface area contributed by atoms with Gasteiger partial charge in [-0.25, -0.2) is 4.98 Å². The van der Waals surface area contributed by atoms with E-state index < -0.39 is 0 Å². The average Bonchev–Trinajstić information content (AvgIpc) is 2.78. The topological polar surface area (TPSA) is 63.9 Å². The minimum absolute atomic E-state index is 0.586. The van der Waals surface area contributed by atoms with Crippen molar-refractivity contribution in [2.45, 2.75) is 6.42 Å². The van der Waals surface area contributed by atoms with E-state index in [1.54, 1.807) is 13.3 Å². The number of aromatic amines is 1. The lowest BCUT2D eigenvalue weighted by molar-refractivity contribution is 0.416. The van der Waals surface area contributed by atoms with Gasteiger partial charge in [-0.1, -0.05) is 15.9 Å². The van der Waals surface area contributed by atoms with Crippen molar-refractivity contribution in [2.24, 2.45) is 5.73 Å². The Bertz CT molecular complexity index is 510. The number of halogens is 1. The van der Waals surface area contributed by atoms with Crippen molar-refractivity contribution in [3.05, 3.63) is 34.7 Å². The number of benzene rings is 1. The summed E-state index contributed by atoms with van der Waals surface area (Å²) in [5, 5.41) is 0. The summed E-state index contributed by atoms with van der Waals surface area (Å²) < 4.78 is 6.33. The summed E-state index contributed by atoms with van der Waals surface area (Å²) in [6.45, 7) is 0.586. The minimum Gasteiger partial charge on any atom is -0.496 e. The Morgan fingerprint density at radius 1 is 1.47 bits per heavy atom. The van der Waals surface area contributed by atoms with E-state index in [2.05, 4.69) is 25.9 Å². The molecule has 0 spiro atoms. The van der Waals surface area contributed by atoms with E-state index in [0.717, 1.165) is 33.7 Å². The molecule has 5 heteroatoms. The van der Waals surface area contributed by atoms with Crippen molar-refractivity contribution >= 4 is 15.9 Å². The minimum atomic E-state index is 0.586. The van der Waals surface area contributed by atoms with Crippen LogP contribution in [0.15, 0.2) is 28.9 Å². The van der Waals surface area contributed by atoms with Crippen molar-refractivity contribution < 1.29 is 4.74 Å². The molecule has 90 valence electrons. The molecule has 0 saturated carbocycles. The molecule has 1 aromatic heterocycles. The molecule has 0 radical (unpaired) electrons. The summed E-state index contributed by atoms with van der Waals surface area (Å²) >= 11 is 3.45. The third kappa shape index (κ3) is 2.68. The van der Waals surface area contributed by atoms with Gasteiger partial charge in [-0.2, -0.15) is 0 Å². The maximum absolute atomic E-state index is 5.50. The maximum Gasteiger partial charge on any atom is 0.128 e. The van der Waals surface area contributed by atoms with Gasteiger partial charge in [0.2, 0.25) is 0 Å². The molecule has 17 heavy (non-hydrogen) atoms. The second kappa shape index (κ2) is 5.33. The Morgan fingerprint density at radius 2 is 2.29 bits per heavy atom. The third-order valence-corrected chi connectivity index (χ3v) is 2.95. The van der Waals surface area contributed by atoms with Crippen LogP contribution in [0.1, 0.15) is 5.82 Å². The van der Waals surface area contributed by atoms with Gasteiger partial charge in [-0.05, 0) is 24.7 Å². The van der Waals surface area contributed by atoms with Crippen molar-refractivity contribution in [1.82, 2.24) is 9.97 Å². The predicted octanol–water partition coefficient (Wildman–Crippen LogP) is 2.35. The number of methoxy groups -OCH3 is 1. The fourth-order valence-electron chi connectivity index (χ4n) is 1.65. The van der Waals surface area contributed by atoms with Crippen LogP contribution in [0, 0.1) is 0 Å². The Hall–Kier alpha value is -1.33. The summed E-state index contributed by atoms with van der Waals surface area (Å²) in [7, 11) is 1.66. The highest BCUT2D eigenvalue weighted by atomic mass is 79.9. The number of hydrogen-bond donors (Lipinski definition) is 2. The van der Waals surface area contributed by atoms with Crippen LogP contribution in [0.5, 0.6) is 5.75 Å². The quantitative estimate of drug-likeness (QED) is 0.910. The number of H-pyrrole nitrogens is 1. The molecule has 2 aromatic rings. The molecular formula is C12H14BrN3O. The normalized spacial score (nSPS) is 10.5. The molecule has 0 fully saturated rings. The molecule has 0 amide bonds. The number of hydrogen-bond acceptors (Lipinski definition) is 3. The molecule has 3 N–H and O–H groups in total. The van der Waals surface area contributed by atoms with Crippen molar-refractivity contribution in [1.29, 1.82) is 0 Å². The smallest absolute Gasteiger partial charge is 0.128 e. The second-order valence-electron chi connectivity index (χ2n) is 3.63. The van der Waals surface area contributed by atoms with Gasteiger partial charge in [-0.3, -0.25) is 0 Å². The van der Waals surface area contributed by atoms with Gasteiger partial charge in [-0.15, -0.1) is 0 Å². The molecule has 0 saturated heterocycles. The number of aromatic nitrogens is 2. The first kappa shape index (κ1) is 12.1. The van der Waals surface area contributed by atoms with E-state index in [4.69, 9.17) is 10.5 Å². The first-order valence-corrected chi connectivity index (χ1v) is 6.11. The summed E-state index contributed by atoms with van der Waals surface area (Å²) in [5.74, 6) is 1.71. The fraction of sp³-hybridized carbons (Fsp3) is 0.250. The van der Waals surface area contributed by atoms with Gasteiger partial charge >= 0.3 is 0 Å². The largest absolute Gasteiger partial charge is 0.496 e. The fourth-order valence-corrected chi connectivity index (χ4v) is 2.01. The Labute approximate surface area is 108 Å². The Balaban J connectivity index is 2.40. The van der Waals surface area contributed by atoms with Crippen LogP contribution in [0.2, 0.25) is 0 Å². The van der Waals surface area contributed by atoms with Gasteiger partial charge in [0, 0.05) is 16.5 Å². The first-order chi connectivity index (χ1) is 8.24. The summed E-state index contributed by atoms with van der Waals surface area (Å²) in [6, 6.07) is 5.86. The molecule has 0 unspecified atom stereocenters. The third-order valence-electron chi connectivity index (χ3n) is 2.46. The summed E-state index contributed by atoms with van der Waals surface area (Å²) in [6.07, 6.45) is 2.55. The molecule has 0 aliphatic carbocycles. The van der Waals surface area contributed by atoms with Crippen LogP contribution < -0.4 is 10.5 Å². The predicted molar refractivity (Wildman–Crippen MR) is 71.0 cm³/mol. The second-order valence-corrected chi connectivity index (χ2v) is 4.54. The van der Waals surface area contributed by atoms with Gasteiger partial charge in [0.25, 0.3) is 0 Å². The average molecular weight is 296 g/mol. The molecular weight excluding hydrogens is 282 g/mol. The first-order valence-electron chi connectivity index (χ1n) is 5.32. The van der Waals surface area contributed by atoms with E-state index in [9.17, 15) is 0 Å². The van der Waals surface area contributed by atoms with Gasteiger partial charge in [0.15, 0.2) is 0 Å². The zero-order valence-electron chi connectivity index (χ0n) is 9.53. The number of nitrogens with one attached hydrogen (secondary N) is 1. The number of nitrogens with zero attached hydrogens (tertiary/aromatic N) is 1. The highest BCUT2D eigenvalue weighted by Crippen LogP contribution is 2.31. The Morgan fingerprint density at radius 3 is 3.00 bits per heavy atom. The number of nitrogens with two attached hydrogens (primary N) is 1. The van der Waals surface area contributed by atoms with Crippen LogP contribution >= 0.6 is 15.9 Å². The molecule has 0 aliphatic heterocycles. The zero-order chi connectivity index (χ0) is 12.3. The van der Waals surface area contributed by atoms with Crippen LogP contribution in [-0.2, 0) is 6.42 Å². The molecule has 0 atom stereocenters. The van der Waals surface area contributed by atoms with Gasteiger partial charge in [0.1, 0.15) is 11.6 Å². The van der Waals surface area contributed by atoms with Crippen molar-refractivity contribution in [3.63, 3.8) is 0 Å². The highest BCUT2D eigenvalue weighted by molar-refractivity contribution is 9.10. The highest BCUT2D eigenvalue weighted by Gasteiger charge is 2.09. The van der Waals surface area contributed by atoms with Crippen molar-refractivity contribution in [3.8, 4) is 17.0 Å². The zero-order valence-corrected chi connectivity index (χ0v) is 11.1. The lowest BCUT2D eigenvalue weighted by Gasteiger charge is -2.06. The van der Waals surface area contributed by atoms with E-state index in [-0.39, 0.29) is 0 Å². The van der Waals surface area contributed by atoms with Gasteiger partial charge in [0.05, 0.1) is 19.0 Å². The molecule has 4 nitrogen and oxygen atoms in total. The summed E-state index contributed by atoms with van der Waals surface area (Å²) in [4.78, 5) is 7.52. The molecule has 0 aliphatic rings. The lowest BCUT2D eigenvalue weighted by atomic mass is 10.1. The van der Waals surface area contributed by atoms with E-state index in [1.807, 2.05) is 18.2 Å². The lowest BCUT2D eigenvalue weighted by Crippen LogP contribution is -2.03. The van der Waals surface area contributed by atoms with Crippen LogP contribution in [-0.4, -0.2) is 23.6 Å². The standard InChI is InChI=1S/C12H14BrN3O/c1-17-11-3-2-8(13)6-9(11)10-7-15-12(16-10)4-5-14/h2-3,6-7H,4-5,14H2,1H3,(H,15,16). The number of rotatable bonds is 4. The molecule has 2 rings (SSSR count). The Kier molecular flexibility index (Phi) is 3.81. The monoisotopic (exact) mass is 295 g/mol.